The minimum absolute atomic E-state index is 0.0184. The maximum atomic E-state index is 12.1. The second kappa shape index (κ2) is 7.43. The van der Waals surface area contributed by atoms with Crippen LogP contribution in [-0.4, -0.2) is 49.0 Å². The lowest BCUT2D eigenvalue weighted by atomic mass is 10.1. The number of carbonyl (C=O) groups excluding carboxylic acids is 1. The number of nitrogens with zero attached hydrogens (tertiary/aromatic N) is 2. The minimum Gasteiger partial charge on any atom is -0.353 e. The predicted octanol–water partition coefficient (Wildman–Crippen LogP) is 2.62. The van der Waals surface area contributed by atoms with E-state index in [0.717, 1.165) is 17.4 Å². The summed E-state index contributed by atoms with van der Waals surface area (Å²) in [5, 5.41) is 7.15. The molecule has 1 fully saturated rings. The summed E-state index contributed by atoms with van der Waals surface area (Å²) >= 11 is 6.06. The Morgan fingerprint density at radius 2 is 2.12 bits per heavy atom. The van der Waals surface area contributed by atoms with E-state index in [1.807, 2.05) is 50.9 Å². The van der Waals surface area contributed by atoms with Crippen molar-refractivity contribution in [2.75, 3.05) is 20.6 Å². The van der Waals surface area contributed by atoms with E-state index < -0.39 is 0 Å². The van der Waals surface area contributed by atoms with Crippen molar-refractivity contribution in [2.24, 2.45) is 4.99 Å². The lowest BCUT2D eigenvalue weighted by Crippen LogP contribution is -2.49. The first kappa shape index (κ1) is 18.6. The second-order valence-corrected chi connectivity index (χ2v) is 7.79. The Balaban J connectivity index is 1.88. The normalized spacial score (nSPS) is 20.5. The number of nitrogens with one attached hydrogen (secondary N) is 2. The Kier molecular flexibility index (Phi) is 5.75. The minimum atomic E-state index is -0.233. The second-order valence-electron chi connectivity index (χ2n) is 7.35. The monoisotopic (exact) mass is 350 g/mol. The Hall–Kier alpha value is -1.75. The number of carbonyl (C=O) groups is 1. The van der Waals surface area contributed by atoms with Crippen LogP contribution < -0.4 is 10.6 Å². The van der Waals surface area contributed by atoms with E-state index in [1.54, 1.807) is 7.05 Å². The molecule has 6 heteroatoms. The number of halogens is 1. The van der Waals surface area contributed by atoms with Gasteiger partial charge in [0.2, 0.25) is 5.91 Å². The number of benzene rings is 1. The molecule has 0 spiro atoms. The summed E-state index contributed by atoms with van der Waals surface area (Å²) in [4.78, 5) is 18.2. The Morgan fingerprint density at radius 1 is 1.42 bits per heavy atom. The lowest BCUT2D eigenvalue weighted by molar-refractivity contribution is -0.122. The van der Waals surface area contributed by atoms with Gasteiger partial charge in [-0.05, 0) is 44.9 Å². The van der Waals surface area contributed by atoms with E-state index in [2.05, 4.69) is 21.7 Å². The highest BCUT2D eigenvalue weighted by atomic mass is 35.5. The van der Waals surface area contributed by atoms with Crippen LogP contribution in [0.2, 0.25) is 5.02 Å². The zero-order valence-corrected chi connectivity index (χ0v) is 15.8. The van der Waals surface area contributed by atoms with E-state index in [0.29, 0.717) is 12.0 Å². The third-order valence-corrected chi connectivity index (χ3v) is 4.09. The van der Waals surface area contributed by atoms with Gasteiger partial charge in [0, 0.05) is 36.6 Å². The number of likely N-dealkylation sites (N-methyl/N-ethyl adjacent to an activating group) is 1. The zero-order chi connectivity index (χ0) is 17.9. The van der Waals surface area contributed by atoms with Crippen molar-refractivity contribution in [3.8, 4) is 0 Å². The smallest absolute Gasteiger partial charge is 0.240 e. The van der Waals surface area contributed by atoms with Gasteiger partial charge in [-0.1, -0.05) is 23.7 Å². The average molecular weight is 351 g/mol. The standard InChI is InChI=1S/C18H27ClN4O/c1-18(2,3)22-16(24)11-23(5)17(20-4)21-15-10-14(15)12-7-6-8-13(19)9-12/h6-9,14-15H,10-11H2,1-5H3,(H,20,21)(H,22,24). The van der Waals surface area contributed by atoms with Gasteiger partial charge in [0.05, 0.1) is 6.54 Å². The zero-order valence-electron chi connectivity index (χ0n) is 15.1. The number of rotatable bonds is 4. The number of aliphatic imine (C=N–C) groups is 1. The first-order chi connectivity index (χ1) is 11.2. The highest BCUT2D eigenvalue weighted by Crippen LogP contribution is 2.41. The molecule has 1 saturated carbocycles. The van der Waals surface area contributed by atoms with Crippen molar-refractivity contribution in [1.82, 2.24) is 15.5 Å². The largest absolute Gasteiger partial charge is 0.353 e. The van der Waals surface area contributed by atoms with Crippen molar-refractivity contribution >= 4 is 23.5 Å². The van der Waals surface area contributed by atoms with Gasteiger partial charge in [-0.15, -0.1) is 0 Å². The average Bonchev–Trinajstić information content (AvgIpc) is 3.21. The van der Waals surface area contributed by atoms with Crippen LogP contribution in [0.5, 0.6) is 0 Å². The molecule has 0 aliphatic heterocycles. The number of hydrogen-bond acceptors (Lipinski definition) is 2. The van der Waals surface area contributed by atoms with Crippen LogP contribution in [0.15, 0.2) is 29.3 Å². The van der Waals surface area contributed by atoms with Gasteiger partial charge in [-0.2, -0.15) is 0 Å². The van der Waals surface area contributed by atoms with Gasteiger partial charge in [-0.25, -0.2) is 0 Å². The fraction of sp³-hybridized carbons (Fsp3) is 0.556. The molecule has 0 heterocycles. The summed E-state index contributed by atoms with van der Waals surface area (Å²) in [6.07, 6.45) is 1.04. The molecule has 2 rings (SSSR count). The third kappa shape index (κ3) is 5.41. The quantitative estimate of drug-likeness (QED) is 0.648. The highest BCUT2D eigenvalue weighted by Gasteiger charge is 2.39. The van der Waals surface area contributed by atoms with Crippen molar-refractivity contribution < 1.29 is 4.79 Å². The summed E-state index contributed by atoms with van der Waals surface area (Å²) in [6, 6.07) is 8.30. The topological polar surface area (TPSA) is 56.7 Å². The number of hydrogen-bond donors (Lipinski definition) is 2. The Morgan fingerprint density at radius 3 is 2.71 bits per heavy atom. The summed E-state index contributed by atoms with van der Waals surface area (Å²) < 4.78 is 0. The Labute approximate surface area is 149 Å². The summed E-state index contributed by atoms with van der Waals surface area (Å²) in [5.74, 6) is 1.15. The van der Waals surface area contributed by atoms with Crippen LogP contribution in [-0.2, 0) is 4.79 Å². The van der Waals surface area contributed by atoms with Gasteiger partial charge in [0.15, 0.2) is 5.96 Å². The van der Waals surface area contributed by atoms with Gasteiger partial charge < -0.3 is 15.5 Å². The van der Waals surface area contributed by atoms with E-state index >= 15 is 0 Å². The van der Waals surface area contributed by atoms with Gasteiger partial charge in [0.1, 0.15) is 0 Å². The molecule has 0 radical (unpaired) electrons. The van der Waals surface area contributed by atoms with E-state index in [9.17, 15) is 4.79 Å². The third-order valence-electron chi connectivity index (χ3n) is 3.85. The molecule has 1 aromatic rings. The summed E-state index contributed by atoms with van der Waals surface area (Å²) in [7, 11) is 3.60. The molecule has 0 saturated heterocycles. The Bertz CT molecular complexity index is 624. The van der Waals surface area contributed by atoms with Gasteiger partial charge >= 0.3 is 0 Å². The molecule has 1 aliphatic rings. The molecule has 1 aromatic carbocycles. The lowest BCUT2D eigenvalue weighted by Gasteiger charge is -2.25. The van der Waals surface area contributed by atoms with Crippen molar-refractivity contribution in [1.29, 1.82) is 0 Å². The van der Waals surface area contributed by atoms with Crippen molar-refractivity contribution in [2.45, 2.75) is 44.7 Å². The first-order valence-corrected chi connectivity index (χ1v) is 8.58. The molecule has 1 amide bonds. The van der Waals surface area contributed by atoms with Gasteiger partial charge in [0.25, 0.3) is 0 Å². The van der Waals surface area contributed by atoms with Gasteiger partial charge in [-0.3, -0.25) is 9.79 Å². The molecule has 2 N–H and O–H groups in total. The summed E-state index contributed by atoms with van der Waals surface area (Å²) in [5.41, 5.74) is 1.01. The molecular formula is C18H27ClN4O. The van der Waals surface area contributed by atoms with Crippen LogP contribution in [0.1, 0.15) is 38.7 Å². The first-order valence-electron chi connectivity index (χ1n) is 8.20. The fourth-order valence-electron chi connectivity index (χ4n) is 2.72. The van der Waals surface area contributed by atoms with E-state index in [4.69, 9.17) is 11.6 Å². The van der Waals surface area contributed by atoms with Crippen LogP contribution in [0.3, 0.4) is 0 Å². The predicted molar refractivity (Wildman–Crippen MR) is 99.6 cm³/mol. The van der Waals surface area contributed by atoms with Crippen LogP contribution in [0.25, 0.3) is 0 Å². The molecule has 0 aromatic heterocycles. The van der Waals surface area contributed by atoms with Crippen LogP contribution in [0, 0.1) is 0 Å². The molecule has 2 unspecified atom stereocenters. The fourth-order valence-corrected chi connectivity index (χ4v) is 2.92. The molecular weight excluding hydrogens is 324 g/mol. The molecule has 132 valence electrons. The maximum Gasteiger partial charge on any atom is 0.240 e. The summed E-state index contributed by atoms with van der Waals surface area (Å²) in [6.45, 7) is 6.18. The number of amides is 1. The van der Waals surface area contributed by atoms with Crippen LogP contribution in [0.4, 0.5) is 0 Å². The van der Waals surface area contributed by atoms with Crippen molar-refractivity contribution in [3.63, 3.8) is 0 Å². The molecule has 24 heavy (non-hydrogen) atoms. The molecule has 1 aliphatic carbocycles. The van der Waals surface area contributed by atoms with Crippen molar-refractivity contribution in [3.05, 3.63) is 34.9 Å². The maximum absolute atomic E-state index is 12.1. The van der Waals surface area contributed by atoms with E-state index in [-0.39, 0.29) is 18.0 Å². The number of guanidine groups is 1. The van der Waals surface area contributed by atoms with Crippen LogP contribution >= 0.6 is 11.6 Å². The molecule has 5 nitrogen and oxygen atoms in total. The molecule has 0 bridgehead atoms. The highest BCUT2D eigenvalue weighted by molar-refractivity contribution is 6.30. The SMILES string of the molecule is CN=C(NC1CC1c1cccc(Cl)c1)N(C)CC(=O)NC(C)(C)C. The molecule has 2 atom stereocenters. The van der Waals surface area contributed by atoms with E-state index in [1.165, 1.54) is 5.56 Å².